The molecule has 3 rings (SSSR count). The molecule has 0 aliphatic heterocycles. The van der Waals surface area contributed by atoms with E-state index in [0.29, 0.717) is 17.1 Å². The number of methoxy groups -OCH3 is 1. The molecular formula is C21H20N4O3. The van der Waals surface area contributed by atoms with Gasteiger partial charge in [0.15, 0.2) is 0 Å². The number of hydrazone groups is 1. The first-order valence-electron chi connectivity index (χ1n) is 8.60. The van der Waals surface area contributed by atoms with Crippen molar-refractivity contribution in [2.45, 2.75) is 6.92 Å². The van der Waals surface area contributed by atoms with Crippen molar-refractivity contribution in [3.05, 3.63) is 78.6 Å². The highest BCUT2D eigenvalue weighted by Crippen LogP contribution is 2.15. The Balaban J connectivity index is 1.58. The number of ether oxygens (including phenoxy) is 1. The molecule has 1 heterocycles. The number of benzene rings is 2. The van der Waals surface area contributed by atoms with Crippen LogP contribution in [0, 0.1) is 0 Å². The lowest BCUT2D eigenvalue weighted by atomic mass is 10.1. The Bertz CT molecular complexity index is 976. The standard InChI is InChI=1S/C21H20N4O3/c1-15(16-5-9-18(10-6-16)25-13-3-4-14-25)23-24-21(27)20(26)22-17-7-11-19(28-2)12-8-17/h3-14H,1-2H3,(H,22,26)(H,24,27). The smallest absolute Gasteiger partial charge is 0.329 e. The zero-order chi connectivity index (χ0) is 19.9. The van der Waals surface area contributed by atoms with Gasteiger partial charge in [0, 0.05) is 23.8 Å². The molecule has 0 bridgehead atoms. The Hall–Kier alpha value is -3.87. The maximum Gasteiger partial charge on any atom is 0.329 e. The summed E-state index contributed by atoms with van der Waals surface area (Å²) in [5.74, 6) is -0.991. The molecular weight excluding hydrogens is 356 g/mol. The third kappa shape index (κ3) is 4.64. The molecule has 0 saturated heterocycles. The fourth-order valence-corrected chi connectivity index (χ4v) is 2.49. The van der Waals surface area contributed by atoms with Crippen molar-refractivity contribution in [1.29, 1.82) is 0 Å². The van der Waals surface area contributed by atoms with Crippen LogP contribution in [-0.4, -0.2) is 29.2 Å². The fourth-order valence-electron chi connectivity index (χ4n) is 2.49. The summed E-state index contributed by atoms with van der Waals surface area (Å²) < 4.78 is 7.03. The number of rotatable bonds is 5. The first kappa shape index (κ1) is 18.9. The van der Waals surface area contributed by atoms with Crippen LogP contribution in [0.1, 0.15) is 12.5 Å². The van der Waals surface area contributed by atoms with Crippen LogP contribution in [0.15, 0.2) is 78.2 Å². The number of hydrogen-bond donors (Lipinski definition) is 2. The van der Waals surface area contributed by atoms with Gasteiger partial charge < -0.3 is 14.6 Å². The van der Waals surface area contributed by atoms with E-state index in [4.69, 9.17) is 4.74 Å². The predicted octanol–water partition coefficient (Wildman–Crippen LogP) is 2.96. The summed E-state index contributed by atoms with van der Waals surface area (Å²) in [6.07, 6.45) is 3.91. The second-order valence-electron chi connectivity index (χ2n) is 5.96. The van der Waals surface area contributed by atoms with Crippen LogP contribution >= 0.6 is 0 Å². The SMILES string of the molecule is COc1ccc(NC(=O)C(=O)NN=C(C)c2ccc(-n3cccc3)cc2)cc1. The lowest BCUT2D eigenvalue weighted by Crippen LogP contribution is -2.32. The molecule has 0 radical (unpaired) electrons. The maximum absolute atomic E-state index is 12.0. The van der Waals surface area contributed by atoms with Crippen molar-refractivity contribution in [2.24, 2.45) is 5.10 Å². The number of anilines is 1. The second kappa shape index (κ2) is 8.68. The summed E-state index contributed by atoms with van der Waals surface area (Å²) in [4.78, 5) is 23.9. The van der Waals surface area contributed by atoms with Gasteiger partial charge in [0.2, 0.25) is 0 Å². The monoisotopic (exact) mass is 376 g/mol. The van der Waals surface area contributed by atoms with Crippen LogP contribution in [-0.2, 0) is 9.59 Å². The Morgan fingerprint density at radius 3 is 2.18 bits per heavy atom. The van der Waals surface area contributed by atoms with Crippen molar-refractivity contribution in [2.75, 3.05) is 12.4 Å². The third-order valence-corrected chi connectivity index (χ3v) is 4.07. The Labute approximate surface area is 162 Å². The van der Waals surface area contributed by atoms with Crippen LogP contribution in [0.4, 0.5) is 5.69 Å². The average molecular weight is 376 g/mol. The molecule has 7 nitrogen and oxygen atoms in total. The minimum Gasteiger partial charge on any atom is -0.497 e. The van der Waals surface area contributed by atoms with Gasteiger partial charge in [-0.25, -0.2) is 5.43 Å². The van der Waals surface area contributed by atoms with Crippen LogP contribution in [0.2, 0.25) is 0 Å². The lowest BCUT2D eigenvalue weighted by Gasteiger charge is -2.07. The summed E-state index contributed by atoms with van der Waals surface area (Å²) in [6.45, 7) is 1.76. The van der Waals surface area contributed by atoms with Crippen LogP contribution < -0.4 is 15.5 Å². The number of aromatic nitrogens is 1. The highest BCUT2D eigenvalue weighted by atomic mass is 16.5. The largest absolute Gasteiger partial charge is 0.497 e. The normalized spacial score (nSPS) is 11.0. The number of amides is 2. The van der Waals surface area contributed by atoms with E-state index in [-0.39, 0.29) is 0 Å². The van der Waals surface area contributed by atoms with Crippen molar-refractivity contribution >= 4 is 23.2 Å². The number of nitrogens with zero attached hydrogens (tertiary/aromatic N) is 2. The summed E-state index contributed by atoms with van der Waals surface area (Å²) in [5.41, 5.74) is 5.21. The predicted molar refractivity (Wildman–Crippen MR) is 108 cm³/mol. The van der Waals surface area contributed by atoms with E-state index in [1.54, 1.807) is 38.3 Å². The molecule has 3 aromatic rings. The van der Waals surface area contributed by atoms with E-state index in [1.165, 1.54) is 0 Å². The minimum absolute atomic E-state index is 0.488. The van der Waals surface area contributed by atoms with Gasteiger partial charge >= 0.3 is 11.8 Å². The van der Waals surface area contributed by atoms with Crippen molar-refractivity contribution in [3.63, 3.8) is 0 Å². The molecule has 142 valence electrons. The third-order valence-electron chi connectivity index (χ3n) is 4.07. The lowest BCUT2D eigenvalue weighted by molar-refractivity contribution is -0.136. The number of carbonyl (C=O) groups excluding carboxylic acids is 2. The molecule has 0 aliphatic rings. The zero-order valence-electron chi connectivity index (χ0n) is 15.5. The van der Waals surface area contributed by atoms with E-state index < -0.39 is 11.8 Å². The average Bonchev–Trinajstić information content (AvgIpc) is 3.27. The van der Waals surface area contributed by atoms with Crippen LogP contribution in [0.3, 0.4) is 0 Å². The Morgan fingerprint density at radius 1 is 0.929 bits per heavy atom. The van der Waals surface area contributed by atoms with E-state index in [1.807, 2.05) is 53.4 Å². The van der Waals surface area contributed by atoms with Gasteiger partial charge in [0.05, 0.1) is 12.8 Å². The minimum atomic E-state index is -0.848. The van der Waals surface area contributed by atoms with E-state index in [9.17, 15) is 9.59 Å². The number of carbonyl (C=O) groups is 2. The molecule has 2 amide bonds. The fraction of sp³-hybridized carbons (Fsp3) is 0.0952. The van der Waals surface area contributed by atoms with Gasteiger partial charge in [-0.3, -0.25) is 9.59 Å². The second-order valence-corrected chi connectivity index (χ2v) is 5.96. The molecule has 1 aromatic heterocycles. The van der Waals surface area contributed by atoms with E-state index in [2.05, 4.69) is 15.8 Å². The first-order chi connectivity index (χ1) is 13.6. The van der Waals surface area contributed by atoms with E-state index in [0.717, 1.165) is 11.3 Å². The molecule has 0 aliphatic carbocycles. The Kier molecular flexibility index (Phi) is 5.86. The van der Waals surface area contributed by atoms with Gasteiger partial charge in [-0.1, -0.05) is 12.1 Å². The van der Waals surface area contributed by atoms with Crippen molar-refractivity contribution < 1.29 is 14.3 Å². The summed E-state index contributed by atoms with van der Waals surface area (Å²) >= 11 is 0. The zero-order valence-corrected chi connectivity index (χ0v) is 15.5. The highest BCUT2D eigenvalue weighted by Gasteiger charge is 2.13. The molecule has 0 atom stereocenters. The van der Waals surface area contributed by atoms with Gasteiger partial charge in [-0.2, -0.15) is 5.10 Å². The Morgan fingerprint density at radius 2 is 1.57 bits per heavy atom. The molecule has 7 heteroatoms. The van der Waals surface area contributed by atoms with Gasteiger partial charge in [0.1, 0.15) is 5.75 Å². The van der Waals surface area contributed by atoms with Gasteiger partial charge in [-0.15, -0.1) is 0 Å². The summed E-state index contributed by atoms with van der Waals surface area (Å²) in [6, 6.07) is 18.3. The number of hydrogen-bond acceptors (Lipinski definition) is 4. The quantitative estimate of drug-likeness (QED) is 0.408. The summed E-state index contributed by atoms with van der Waals surface area (Å²) in [5, 5.41) is 6.51. The van der Waals surface area contributed by atoms with Crippen molar-refractivity contribution in [1.82, 2.24) is 9.99 Å². The topological polar surface area (TPSA) is 84.7 Å². The molecule has 2 aromatic carbocycles. The van der Waals surface area contributed by atoms with Crippen molar-refractivity contribution in [3.8, 4) is 11.4 Å². The maximum atomic E-state index is 12.0. The van der Waals surface area contributed by atoms with Crippen LogP contribution in [0.25, 0.3) is 5.69 Å². The number of nitrogens with one attached hydrogen (secondary N) is 2. The molecule has 0 unspecified atom stereocenters. The molecule has 2 N–H and O–H groups in total. The molecule has 0 spiro atoms. The van der Waals surface area contributed by atoms with Gasteiger partial charge in [0.25, 0.3) is 0 Å². The highest BCUT2D eigenvalue weighted by molar-refractivity contribution is 6.39. The van der Waals surface area contributed by atoms with E-state index >= 15 is 0 Å². The molecule has 0 saturated carbocycles. The molecule has 0 fully saturated rings. The first-order valence-corrected chi connectivity index (χ1v) is 8.60. The summed E-state index contributed by atoms with van der Waals surface area (Å²) in [7, 11) is 1.55. The van der Waals surface area contributed by atoms with Gasteiger partial charge in [-0.05, 0) is 61.0 Å². The molecule has 28 heavy (non-hydrogen) atoms. The van der Waals surface area contributed by atoms with Crippen LogP contribution in [0.5, 0.6) is 5.75 Å².